The summed E-state index contributed by atoms with van der Waals surface area (Å²) in [7, 11) is -1.01. The standard InChI is InChI=1S/C6H7NO2S/c1-10(9)5-2-3-6(8)7-4-5/h2-4H,1H3,(H,7,8). The maximum absolute atomic E-state index is 10.7. The monoisotopic (exact) mass is 157 g/mol. The molecule has 0 aliphatic heterocycles. The molecule has 10 heavy (non-hydrogen) atoms. The molecule has 0 saturated heterocycles. The lowest BCUT2D eigenvalue weighted by Gasteiger charge is -1.91. The molecule has 0 aliphatic rings. The first kappa shape index (κ1) is 7.21. The highest BCUT2D eigenvalue weighted by Gasteiger charge is 1.93. The first-order chi connectivity index (χ1) is 4.70. The summed E-state index contributed by atoms with van der Waals surface area (Å²) in [5.74, 6) is 0. The molecule has 1 heterocycles. The molecule has 0 amide bonds. The third-order valence-electron chi connectivity index (χ3n) is 1.09. The van der Waals surface area contributed by atoms with Gasteiger partial charge in [-0.2, -0.15) is 0 Å². The molecule has 0 saturated carbocycles. The van der Waals surface area contributed by atoms with E-state index in [1.54, 1.807) is 12.3 Å². The Morgan fingerprint density at radius 3 is 2.60 bits per heavy atom. The second kappa shape index (κ2) is 2.79. The lowest BCUT2D eigenvalue weighted by Crippen LogP contribution is -2.03. The molecule has 54 valence electrons. The summed E-state index contributed by atoms with van der Waals surface area (Å²) in [6, 6.07) is 2.91. The van der Waals surface area contributed by atoms with Gasteiger partial charge in [0.05, 0.1) is 15.7 Å². The number of pyridine rings is 1. The fourth-order valence-electron chi connectivity index (χ4n) is 0.575. The summed E-state index contributed by atoms with van der Waals surface area (Å²) >= 11 is 0. The van der Waals surface area contributed by atoms with E-state index in [2.05, 4.69) is 4.98 Å². The van der Waals surface area contributed by atoms with Crippen molar-refractivity contribution in [3.63, 3.8) is 0 Å². The van der Waals surface area contributed by atoms with E-state index in [4.69, 9.17) is 0 Å². The molecule has 1 N–H and O–H groups in total. The van der Waals surface area contributed by atoms with E-state index in [0.717, 1.165) is 0 Å². The van der Waals surface area contributed by atoms with Crippen molar-refractivity contribution in [3.8, 4) is 0 Å². The average molecular weight is 157 g/mol. The maximum Gasteiger partial charge on any atom is 0.247 e. The first-order valence-corrected chi connectivity index (χ1v) is 4.28. The number of H-pyrrole nitrogens is 1. The minimum absolute atomic E-state index is 0.172. The van der Waals surface area contributed by atoms with Crippen LogP contribution in [0.4, 0.5) is 0 Å². The van der Waals surface area contributed by atoms with Crippen LogP contribution in [0.25, 0.3) is 0 Å². The second-order valence-corrected chi connectivity index (χ2v) is 3.22. The molecule has 0 aromatic carbocycles. The minimum atomic E-state index is -1.01. The van der Waals surface area contributed by atoms with Crippen LogP contribution in [-0.2, 0) is 10.8 Å². The molecule has 1 aromatic rings. The van der Waals surface area contributed by atoms with Gasteiger partial charge in [0, 0.05) is 18.5 Å². The van der Waals surface area contributed by atoms with Gasteiger partial charge in [-0.05, 0) is 6.07 Å². The minimum Gasteiger partial charge on any atom is -0.328 e. The third-order valence-corrected chi connectivity index (χ3v) is 2.01. The van der Waals surface area contributed by atoms with Crippen molar-refractivity contribution in [1.82, 2.24) is 4.98 Å². The Morgan fingerprint density at radius 1 is 1.50 bits per heavy atom. The Balaban J connectivity index is 3.12. The van der Waals surface area contributed by atoms with Gasteiger partial charge >= 0.3 is 0 Å². The highest BCUT2D eigenvalue weighted by molar-refractivity contribution is 7.84. The van der Waals surface area contributed by atoms with Crippen molar-refractivity contribution in [2.75, 3.05) is 6.26 Å². The summed E-state index contributed by atoms with van der Waals surface area (Å²) in [5, 5.41) is 0. The summed E-state index contributed by atoms with van der Waals surface area (Å²) in [6.45, 7) is 0. The largest absolute Gasteiger partial charge is 0.328 e. The maximum atomic E-state index is 10.7. The van der Waals surface area contributed by atoms with Crippen molar-refractivity contribution in [3.05, 3.63) is 28.7 Å². The third kappa shape index (κ3) is 1.54. The average Bonchev–Trinajstić information content (AvgIpc) is 1.88. The van der Waals surface area contributed by atoms with Gasteiger partial charge in [-0.25, -0.2) is 0 Å². The summed E-state index contributed by atoms with van der Waals surface area (Å²) < 4.78 is 10.7. The molecule has 3 nitrogen and oxygen atoms in total. The van der Waals surface area contributed by atoms with Crippen LogP contribution in [-0.4, -0.2) is 15.4 Å². The molecule has 1 aromatic heterocycles. The summed E-state index contributed by atoms with van der Waals surface area (Å²) in [6.07, 6.45) is 3.02. The van der Waals surface area contributed by atoms with Crippen LogP contribution in [0.5, 0.6) is 0 Å². The first-order valence-electron chi connectivity index (χ1n) is 2.72. The Bertz CT molecular complexity index is 284. The Hall–Kier alpha value is -0.900. The highest BCUT2D eigenvalue weighted by atomic mass is 32.2. The molecule has 1 rings (SSSR count). The normalized spacial score (nSPS) is 12.9. The topological polar surface area (TPSA) is 49.9 Å². The van der Waals surface area contributed by atoms with Crippen molar-refractivity contribution < 1.29 is 4.21 Å². The van der Waals surface area contributed by atoms with E-state index in [9.17, 15) is 9.00 Å². The van der Waals surface area contributed by atoms with Gasteiger partial charge in [0.1, 0.15) is 0 Å². The van der Waals surface area contributed by atoms with Gasteiger partial charge in [0.25, 0.3) is 0 Å². The van der Waals surface area contributed by atoms with Crippen LogP contribution in [0.3, 0.4) is 0 Å². The zero-order chi connectivity index (χ0) is 7.56. The Kier molecular flexibility index (Phi) is 2.01. The van der Waals surface area contributed by atoms with Gasteiger partial charge in [-0.1, -0.05) is 0 Å². The van der Waals surface area contributed by atoms with Gasteiger partial charge < -0.3 is 4.98 Å². The fraction of sp³-hybridized carbons (Fsp3) is 0.167. The molecule has 0 fully saturated rings. The van der Waals surface area contributed by atoms with E-state index in [1.165, 1.54) is 12.3 Å². The van der Waals surface area contributed by atoms with Crippen LogP contribution in [0.2, 0.25) is 0 Å². The molecule has 0 radical (unpaired) electrons. The summed E-state index contributed by atoms with van der Waals surface area (Å²) in [5.41, 5.74) is -0.172. The van der Waals surface area contributed by atoms with Crippen LogP contribution in [0.15, 0.2) is 28.0 Å². The van der Waals surface area contributed by atoms with E-state index in [1.807, 2.05) is 0 Å². The lowest BCUT2D eigenvalue weighted by atomic mass is 10.5. The van der Waals surface area contributed by atoms with Gasteiger partial charge in [-0.15, -0.1) is 0 Å². The van der Waals surface area contributed by atoms with Crippen molar-refractivity contribution >= 4 is 10.8 Å². The number of aromatic amines is 1. The zero-order valence-electron chi connectivity index (χ0n) is 5.46. The fourth-order valence-corrected chi connectivity index (χ4v) is 1.06. The number of aromatic nitrogens is 1. The van der Waals surface area contributed by atoms with E-state index < -0.39 is 10.8 Å². The van der Waals surface area contributed by atoms with Crippen LogP contribution in [0, 0.1) is 0 Å². The Labute approximate surface area is 60.6 Å². The molecule has 0 bridgehead atoms. The quantitative estimate of drug-likeness (QED) is 0.629. The number of hydrogen-bond acceptors (Lipinski definition) is 2. The molecule has 1 unspecified atom stereocenters. The van der Waals surface area contributed by atoms with Gasteiger partial charge in [0.15, 0.2) is 0 Å². The highest BCUT2D eigenvalue weighted by Crippen LogP contribution is 1.96. The molecular formula is C6H7NO2S. The predicted molar refractivity (Wildman–Crippen MR) is 39.4 cm³/mol. The molecule has 1 atom stereocenters. The number of hydrogen-bond donors (Lipinski definition) is 1. The summed E-state index contributed by atoms with van der Waals surface area (Å²) in [4.78, 5) is 13.6. The van der Waals surface area contributed by atoms with Crippen LogP contribution < -0.4 is 5.56 Å². The zero-order valence-corrected chi connectivity index (χ0v) is 6.27. The molecule has 0 aliphatic carbocycles. The second-order valence-electron chi connectivity index (χ2n) is 1.84. The molecule has 0 spiro atoms. The van der Waals surface area contributed by atoms with E-state index >= 15 is 0 Å². The van der Waals surface area contributed by atoms with E-state index in [-0.39, 0.29) is 5.56 Å². The predicted octanol–water partition coefficient (Wildman–Crippen LogP) is 0.112. The van der Waals surface area contributed by atoms with E-state index in [0.29, 0.717) is 4.90 Å². The smallest absolute Gasteiger partial charge is 0.247 e. The molecular weight excluding hydrogens is 150 g/mol. The van der Waals surface area contributed by atoms with Crippen LogP contribution in [0.1, 0.15) is 0 Å². The van der Waals surface area contributed by atoms with Gasteiger partial charge in [-0.3, -0.25) is 9.00 Å². The lowest BCUT2D eigenvalue weighted by molar-refractivity contribution is 0.686. The van der Waals surface area contributed by atoms with Gasteiger partial charge in [0.2, 0.25) is 5.56 Å². The van der Waals surface area contributed by atoms with Crippen molar-refractivity contribution in [2.24, 2.45) is 0 Å². The van der Waals surface area contributed by atoms with Crippen molar-refractivity contribution in [2.45, 2.75) is 4.90 Å². The number of rotatable bonds is 1. The number of nitrogens with one attached hydrogen (secondary N) is 1. The SMILES string of the molecule is CS(=O)c1ccc(=O)[nH]c1. The van der Waals surface area contributed by atoms with Crippen molar-refractivity contribution in [1.29, 1.82) is 0 Å². The molecule has 4 heteroatoms. The Morgan fingerprint density at radius 2 is 2.20 bits per heavy atom. The van der Waals surface area contributed by atoms with Crippen LogP contribution >= 0.6 is 0 Å².